The minimum atomic E-state index is -0.380. The van der Waals surface area contributed by atoms with Crippen LogP contribution in [0.3, 0.4) is 0 Å². The van der Waals surface area contributed by atoms with Crippen molar-refractivity contribution in [3.8, 4) is 5.75 Å². The molecule has 6 heteroatoms. The lowest BCUT2D eigenvalue weighted by atomic mass is 10.0. The summed E-state index contributed by atoms with van der Waals surface area (Å²) in [6, 6.07) is 11.4. The van der Waals surface area contributed by atoms with Crippen LogP contribution in [0.25, 0.3) is 0 Å². The number of benzene rings is 2. The van der Waals surface area contributed by atoms with E-state index in [-0.39, 0.29) is 36.7 Å². The number of nitrogens with zero attached hydrogens (tertiary/aromatic N) is 1. The lowest BCUT2D eigenvalue weighted by Gasteiger charge is -2.19. The second-order valence-electron chi connectivity index (χ2n) is 6.79. The molecule has 0 aromatic heterocycles. The average molecular weight is 372 g/mol. The topological polar surface area (TPSA) is 58.6 Å². The van der Waals surface area contributed by atoms with E-state index in [1.807, 2.05) is 25.1 Å². The van der Waals surface area contributed by atoms with Crippen molar-refractivity contribution in [2.45, 2.75) is 26.7 Å². The van der Waals surface area contributed by atoms with E-state index in [1.165, 1.54) is 36.2 Å². The van der Waals surface area contributed by atoms with Gasteiger partial charge in [0.1, 0.15) is 11.6 Å². The van der Waals surface area contributed by atoms with E-state index in [9.17, 15) is 14.0 Å². The van der Waals surface area contributed by atoms with Crippen molar-refractivity contribution in [3.05, 3.63) is 59.4 Å². The molecular formula is C21H25FN2O3. The first-order valence-electron chi connectivity index (χ1n) is 8.79. The van der Waals surface area contributed by atoms with Gasteiger partial charge in [-0.2, -0.15) is 0 Å². The Labute approximate surface area is 159 Å². The van der Waals surface area contributed by atoms with Crippen LogP contribution in [0.1, 0.15) is 30.9 Å². The third-order valence-corrected chi connectivity index (χ3v) is 4.08. The number of amides is 2. The average Bonchev–Trinajstić information content (AvgIpc) is 2.61. The third-order valence-electron chi connectivity index (χ3n) is 4.08. The Morgan fingerprint density at radius 2 is 1.81 bits per heavy atom. The van der Waals surface area contributed by atoms with Crippen LogP contribution >= 0.6 is 0 Å². The van der Waals surface area contributed by atoms with Gasteiger partial charge in [0.15, 0.2) is 6.61 Å². The maximum atomic E-state index is 12.9. The molecule has 0 aliphatic rings. The highest BCUT2D eigenvalue weighted by atomic mass is 19.1. The Bertz CT molecular complexity index is 804. The molecular weight excluding hydrogens is 347 g/mol. The van der Waals surface area contributed by atoms with E-state index in [1.54, 1.807) is 0 Å². The van der Waals surface area contributed by atoms with Crippen molar-refractivity contribution in [1.82, 2.24) is 4.90 Å². The zero-order valence-electron chi connectivity index (χ0n) is 16.1. The van der Waals surface area contributed by atoms with Gasteiger partial charge in [-0.25, -0.2) is 4.39 Å². The molecule has 2 amide bonds. The molecule has 0 saturated heterocycles. The molecule has 2 aromatic carbocycles. The first-order valence-corrected chi connectivity index (χ1v) is 8.79. The molecule has 0 saturated carbocycles. The molecule has 0 heterocycles. The molecule has 0 aliphatic heterocycles. The maximum Gasteiger partial charge on any atom is 0.260 e. The summed E-state index contributed by atoms with van der Waals surface area (Å²) in [5.41, 5.74) is 2.55. The fourth-order valence-electron chi connectivity index (χ4n) is 2.53. The van der Waals surface area contributed by atoms with Crippen LogP contribution < -0.4 is 10.1 Å². The smallest absolute Gasteiger partial charge is 0.260 e. The van der Waals surface area contributed by atoms with E-state index in [4.69, 9.17) is 4.74 Å². The Balaban J connectivity index is 1.89. The van der Waals surface area contributed by atoms with Crippen LogP contribution in [-0.4, -0.2) is 36.9 Å². The van der Waals surface area contributed by atoms with Crippen LogP contribution in [0, 0.1) is 12.7 Å². The summed E-state index contributed by atoms with van der Waals surface area (Å²) in [5.74, 6) is -0.0943. The minimum absolute atomic E-state index is 0.121. The molecule has 144 valence electrons. The molecule has 1 N–H and O–H groups in total. The summed E-state index contributed by atoms with van der Waals surface area (Å²) in [6.45, 7) is 5.81. The standard InChI is InChI=1S/C21H25FN2O3/c1-14(2)18-10-5-15(3)11-19(18)27-13-21(26)24(4)12-20(25)23-17-8-6-16(22)7-9-17/h5-11,14H,12-13H2,1-4H3,(H,23,25). The Kier molecular flexibility index (Phi) is 6.93. The molecule has 0 radical (unpaired) electrons. The van der Waals surface area contributed by atoms with Crippen LogP contribution in [-0.2, 0) is 9.59 Å². The van der Waals surface area contributed by atoms with Crippen molar-refractivity contribution in [1.29, 1.82) is 0 Å². The number of ether oxygens (including phenoxy) is 1. The molecule has 0 aliphatic carbocycles. The zero-order valence-corrected chi connectivity index (χ0v) is 16.1. The van der Waals surface area contributed by atoms with Crippen molar-refractivity contribution >= 4 is 17.5 Å². The molecule has 27 heavy (non-hydrogen) atoms. The van der Waals surface area contributed by atoms with Gasteiger partial charge in [-0.3, -0.25) is 9.59 Å². The number of carbonyl (C=O) groups excluding carboxylic acids is 2. The second-order valence-corrected chi connectivity index (χ2v) is 6.79. The maximum absolute atomic E-state index is 12.9. The highest BCUT2D eigenvalue weighted by Gasteiger charge is 2.15. The van der Waals surface area contributed by atoms with Gasteiger partial charge in [0, 0.05) is 12.7 Å². The van der Waals surface area contributed by atoms with E-state index in [0.29, 0.717) is 11.4 Å². The first kappa shape index (κ1) is 20.4. The summed E-state index contributed by atoms with van der Waals surface area (Å²) in [5, 5.41) is 2.62. The number of nitrogens with one attached hydrogen (secondary N) is 1. The molecule has 0 spiro atoms. The van der Waals surface area contributed by atoms with Crippen molar-refractivity contribution in [3.63, 3.8) is 0 Å². The molecule has 5 nitrogen and oxygen atoms in total. The fraction of sp³-hybridized carbons (Fsp3) is 0.333. The Morgan fingerprint density at radius 1 is 1.15 bits per heavy atom. The predicted octanol–water partition coefficient (Wildman–Crippen LogP) is 3.73. The summed E-state index contributed by atoms with van der Waals surface area (Å²) in [4.78, 5) is 25.6. The number of halogens is 1. The fourth-order valence-corrected chi connectivity index (χ4v) is 2.53. The van der Waals surface area contributed by atoms with Gasteiger partial charge in [0.05, 0.1) is 6.54 Å². The van der Waals surface area contributed by atoms with Gasteiger partial charge in [-0.1, -0.05) is 26.0 Å². The van der Waals surface area contributed by atoms with Gasteiger partial charge >= 0.3 is 0 Å². The third kappa shape index (κ3) is 6.09. The van der Waals surface area contributed by atoms with Crippen molar-refractivity contribution in [2.24, 2.45) is 0 Å². The summed E-state index contributed by atoms with van der Waals surface area (Å²) in [6.07, 6.45) is 0. The lowest BCUT2D eigenvalue weighted by molar-refractivity contribution is -0.135. The summed E-state index contributed by atoms with van der Waals surface area (Å²) in [7, 11) is 1.54. The van der Waals surface area contributed by atoms with Crippen LogP contribution in [0.5, 0.6) is 5.75 Å². The van der Waals surface area contributed by atoms with Crippen LogP contribution in [0.15, 0.2) is 42.5 Å². The number of likely N-dealkylation sites (N-methyl/N-ethyl adjacent to an activating group) is 1. The number of rotatable bonds is 7. The molecule has 0 bridgehead atoms. The number of anilines is 1. The van der Waals surface area contributed by atoms with E-state index >= 15 is 0 Å². The van der Waals surface area contributed by atoms with Gasteiger partial charge < -0.3 is 15.0 Å². The second kappa shape index (κ2) is 9.16. The molecule has 0 fully saturated rings. The van der Waals surface area contributed by atoms with Crippen molar-refractivity contribution < 1.29 is 18.7 Å². The number of carbonyl (C=O) groups is 2. The zero-order chi connectivity index (χ0) is 20.0. The number of hydrogen-bond acceptors (Lipinski definition) is 3. The van der Waals surface area contributed by atoms with E-state index in [0.717, 1.165) is 11.1 Å². The summed E-state index contributed by atoms with van der Waals surface area (Å²) < 4.78 is 18.6. The largest absolute Gasteiger partial charge is 0.483 e. The molecule has 0 atom stereocenters. The highest BCUT2D eigenvalue weighted by molar-refractivity contribution is 5.94. The first-order chi connectivity index (χ1) is 12.8. The monoisotopic (exact) mass is 372 g/mol. The Morgan fingerprint density at radius 3 is 2.44 bits per heavy atom. The summed E-state index contributed by atoms with van der Waals surface area (Å²) >= 11 is 0. The van der Waals surface area contributed by atoms with Gasteiger partial charge in [-0.15, -0.1) is 0 Å². The van der Waals surface area contributed by atoms with Crippen LogP contribution in [0.4, 0.5) is 10.1 Å². The van der Waals surface area contributed by atoms with E-state index in [2.05, 4.69) is 19.2 Å². The quantitative estimate of drug-likeness (QED) is 0.806. The van der Waals surface area contributed by atoms with Gasteiger partial charge in [-0.05, 0) is 54.3 Å². The molecule has 2 aromatic rings. The minimum Gasteiger partial charge on any atom is -0.483 e. The molecule has 0 unspecified atom stereocenters. The number of hydrogen-bond donors (Lipinski definition) is 1. The van der Waals surface area contributed by atoms with Crippen LogP contribution in [0.2, 0.25) is 0 Å². The molecule has 2 rings (SSSR count). The van der Waals surface area contributed by atoms with E-state index < -0.39 is 0 Å². The highest BCUT2D eigenvalue weighted by Crippen LogP contribution is 2.27. The lowest BCUT2D eigenvalue weighted by Crippen LogP contribution is -2.37. The predicted molar refractivity (Wildman–Crippen MR) is 103 cm³/mol. The van der Waals surface area contributed by atoms with Crippen molar-refractivity contribution in [2.75, 3.05) is 25.5 Å². The normalized spacial score (nSPS) is 10.6. The van der Waals surface area contributed by atoms with Gasteiger partial charge in [0.2, 0.25) is 5.91 Å². The SMILES string of the molecule is Cc1ccc(C(C)C)c(OCC(=O)N(C)CC(=O)Nc2ccc(F)cc2)c1. The van der Waals surface area contributed by atoms with Gasteiger partial charge in [0.25, 0.3) is 5.91 Å². The number of aryl methyl sites for hydroxylation is 1. The Hall–Kier alpha value is -2.89.